The average molecular weight is 1210 g/mol. The summed E-state index contributed by atoms with van der Waals surface area (Å²) in [6, 6.07) is 0. The van der Waals surface area contributed by atoms with E-state index in [4.69, 9.17) is 9.47 Å². The molecular weight excluding hydrogens is 1050 g/mol. The minimum atomic E-state index is -0.769. The SMILES string of the molecule is CCCCCCC/C=C\C/C=C\CCCCCCCCCCCCCCCCCCCCCCCCCC(=O)OC(CO)COC(=O)CCCCCCCCCCCCCCCCCCCCCCCCCCCCCCCCCCCCCCC. The summed E-state index contributed by atoms with van der Waals surface area (Å²) >= 11 is 0. The second-order valence-corrected chi connectivity index (χ2v) is 27.5. The highest BCUT2D eigenvalue weighted by Crippen LogP contribution is 2.20. The molecule has 0 rings (SSSR count). The molecule has 0 saturated heterocycles. The maximum atomic E-state index is 12.4. The lowest BCUT2D eigenvalue weighted by Crippen LogP contribution is -2.28. The first-order valence-electron chi connectivity index (χ1n) is 39.9. The summed E-state index contributed by atoms with van der Waals surface area (Å²) in [7, 11) is 0. The van der Waals surface area contributed by atoms with Gasteiger partial charge in [0.15, 0.2) is 6.10 Å². The number of aliphatic hydroxyl groups excluding tert-OH is 1. The number of carbonyl (C=O) groups is 2. The number of hydrogen-bond acceptors (Lipinski definition) is 5. The van der Waals surface area contributed by atoms with Crippen LogP contribution in [0.4, 0.5) is 0 Å². The fraction of sp³-hybridized carbons (Fsp3) is 0.926. The molecule has 0 saturated carbocycles. The van der Waals surface area contributed by atoms with Gasteiger partial charge in [0.2, 0.25) is 0 Å². The summed E-state index contributed by atoms with van der Waals surface area (Å²) in [5.41, 5.74) is 0. The van der Waals surface area contributed by atoms with Gasteiger partial charge in [-0.3, -0.25) is 9.59 Å². The molecule has 0 bridgehead atoms. The predicted molar refractivity (Wildman–Crippen MR) is 381 cm³/mol. The molecule has 0 spiro atoms. The lowest BCUT2D eigenvalue weighted by Gasteiger charge is -2.15. The van der Waals surface area contributed by atoms with Crippen LogP contribution < -0.4 is 0 Å². The van der Waals surface area contributed by atoms with Gasteiger partial charge in [0.05, 0.1) is 6.61 Å². The summed E-state index contributed by atoms with van der Waals surface area (Å²) in [5, 5.41) is 9.73. The Kier molecular flexibility index (Phi) is 76.2. The molecule has 1 N–H and O–H groups in total. The molecule has 0 aromatic carbocycles. The summed E-state index contributed by atoms with van der Waals surface area (Å²) in [4.78, 5) is 24.7. The topological polar surface area (TPSA) is 72.8 Å². The zero-order valence-electron chi connectivity index (χ0n) is 58.9. The fourth-order valence-corrected chi connectivity index (χ4v) is 12.8. The van der Waals surface area contributed by atoms with E-state index < -0.39 is 6.10 Å². The number of carbonyl (C=O) groups excluding carboxylic acids is 2. The Labute approximate surface area is 540 Å². The van der Waals surface area contributed by atoms with Gasteiger partial charge < -0.3 is 14.6 Å². The van der Waals surface area contributed by atoms with Crippen molar-refractivity contribution < 1.29 is 24.2 Å². The number of unbranched alkanes of at least 4 members (excludes halogenated alkanes) is 64. The fourth-order valence-electron chi connectivity index (χ4n) is 12.8. The second-order valence-electron chi connectivity index (χ2n) is 27.5. The predicted octanol–water partition coefficient (Wildman–Crippen LogP) is 27.9. The zero-order valence-corrected chi connectivity index (χ0v) is 58.9. The summed E-state index contributed by atoms with van der Waals surface area (Å²) in [6.45, 7) is 4.21. The van der Waals surface area contributed by atoms with Crippen molar-refractivity contribution in [3.8, 4) is 0 Å². The molecule has 0 fully saturated rings. The Bertz CT molecular complexity index is 1320. The Balaban J connectivity index is 3.34. The van der Waals surface area contributed by atoms with Gasteiger partial charge in [0.25, 0.3) is 0 Å². The van der Waals surface area contributed by atoms with Crippen molar-refractivity contribution >= 4 is 11.9 Å². The van der Waals surface area contributed by atoms with E-state index in [0.717, 1.165) is 38.5 Å². The molecule has 1 unspecified atom stereocenters. The van der Waals surface area contributed by atoms with E-state index in [-0.39, 0.29) is 25.2 Å². The number of aliphatic hydroxyl groups is 1. The Morgan fingerprint density at radius 2 is 0.465 bits per heavy atom. The minimum absolute atomic E-state index is 0.0570. The van der Waals surface area contributed by atoms with E-state index in [2.05, 4.69) is 38.2 Å². The van der Waals surface area contributed by atoms with Gasteiger partial charge >= 0.3 is 11.9 Å². The van der Waals surface area contributed by atoms with Gasteiger partial charge in [-0.15, -0.1) is 0 Å². The maximum absolute atomic E-state index is 12.4. The van der Waals surface area contributed by atoms with E-state index in [1.807, 2.05) is 0 Å². The summed E-state index contributed by atoms with van der Waals surface area (Å²) in [6.07, 6.45) is 103. The third-order valence-electron chi connectivity index (χ3n) is 18.7. The summed E-state index contributed by atoms with van der Waals surface area (Å²) < 4.78 is 10.8. The normalized spacial score (nSPS) is 12.2. The molecular formula is C81H156O5. The van der Waals surface area contributed by atoms with Crippen molar-refractivity contribution in [1.82, 2.24) is 0 Å². The van der Waals surface area contributed by atoms with Gasteiger partial charge in [0.1, 0.15) is 6.61 Å². The molecule has 0 heterocycles. The van der Waals surface area contributed by atoms with Gasteiger partial charge in [-0.1, -0.05) is 430 Å². The Morgan fingerprint density at radius 3 is 0.686 bits per heavy atom. The Hall–Kier alpha value is -1.62. The first-order valence-corrected chi connectivity index (χ1v) is 39.9. The van der Waals surface area contributed by atoms with E-state index in [1.165, 1.54) is 398 Å². The number of allylic oxidation sites excluding steroid dienone is 4. The van der Waals surface area contributed by atoms with Crippen LogP contribution in [0.2, 0.25) is 0 Å². The monoisotopic (exact) mass is 1210 g/mol. The lowest BCUT2D eigenvalue weighted by molar-refractivity contribution is -0.161. The number of hydrogen-bond donors (Lipinski definition) is 1. The van der Waals surface area contributed by atoms with Crippen LogP contribution in [0.25, 0.3) is 0 Å². The molecule has 0 aliphatic carbocycles. The molecule has 5 heteroatoms. The molecule has 0 amide bonds. The van der Waals surface area contributed by atoms with Gasteiger partial charge in [-0.2, -0.15) is 0 Å². The summed E-state index contributed by atoms with van der Waals surface area (Å²) in [5.74, 6) is -0.559. The second kappa shape index (κ2) is 77.6. The van der Waals surface area contributed by atoms with Crippen LogP contribution in [0.3, 0.4) is 0 Å². The maximum Gasteiger partial charge on any atom is 0.306 e. The van der Waals surface area contributed by atoms with Crippen LogP contribution in [-0.2, 0) is 19.1 Å². The van der Waals surface area contributed by atoms with Gasteiger partial charge in [0, 0.05) is 12.8 Å². The van der Waals surface area contributed by atoms with Crippen molar-refractivity contribution in [1.29, 1.82) is 0 Å². The Morgan fingerprint density at radius 1 is 0.267 bits per heavy atom. The highest BCUT2D eigenvalue weighted by Gasteiger charge is 2.16. The van der Waals surface area contributed by atoms with Crippen LogP contribution >= 0.6 is 0 Å². The van der Waals surface area contributed by atoms with Crippen molar-refractivity contribution in [3.63, 3.8) is 0 Å². The molecule has 510 valence electrons. The van der Waals surface area contributed by atoms with Gasteiger partial charge in [-0.25, -0.2) is 0 Å². The zero-order chi connectivity index (χ0) is 61.9. The van der Waals surface area contributed by atoms with Crippen molar-refractivity contribution in [2.75, 3.05) is 13.2 Å². The number of esters is 2. The van der Waals surface area contributed by atoms with Crippen molar-refractivity contribution in [3.05, 3.63) is 24.3 Å². The first kappa shape index (κ1) is 84.4. The molecule has 0 radical (unpaired) electrons. The minimum Gasteiger partial charge on any atom is -0.462 e. The largest absolute Gasteiger partial charge is 0.462 e. The van der Waals surface area contributed by atoms with Gasteiger partial charge in [-0.05, 0) is 44.9 Å². The molecule has 86 heavy (non-hydrogen) atoms. The standard InChI is InChI=1S/C81H156O5/c1-3-5-7-9-11-13-15-17-19-21-23-25-27-29-31-33-35-37-39-40-42-43-45-47-49-51-53-55-57-59-61-63-65-67-69-71-73-75-80(83)85-78-79(77-82)86-81(84)76-74-72-70-68-66-64-62-60-58-56-54-52-50-48-46-44-41-38-36-34-32-30-28-26-24-22-20-18-16-14-12-10-8-6-4-2/h16,18,22,24,79,82H,3-15,17,19-21,23,25-78H2,1-2H3/b18-16-,24-22-. The van der Waals surface area contributed by atoms with Crippen LogP contribution in [0.5, 0.6) is 0 Å². The third kappa shape index (κ3) is 74.8. The molecule has 0 aliphatic heterocycles. The highest BCUT2D eigenvalue weighted by molar-refractivity contribution is 5.70. The van der Waals surface area contributed by atoms with E-state index >= 15 is 0 Å². The molecule has 1 atom stereocenters. The van der Waals surface area contributed by atoms with Crippen LogP contribution in [-0.4, -0.2) is 36.4 Å². The third-order valence-corrected chi connectivity index (χ3v) is 18.7. The van der Waals surface area contributed by atoms with Crippen molar-refractivity contribution in [2.45, 2.75) is 469 Å². The smallest absolute Gasteiger partial charge is 0.306 e. The van der Waals surface area contributed by atoms with Crippen molar-refractivity contribution in [2.24, 2.45) is 0 Å². The molecule has 0 aromatic rings. The molecule has 0 aliphatic rings. The molecule has 5 nitrogen and oxygen atoms in total. The molecule has 0 aromatic heterocycles. The van der Waals surface area contributed by atoms with E-state index in [9.17, 15) is 14.7 Å². The highest BCUT2D eigenvalue weighted by atomic mass is 16.6. The average Bonchev–Trinajstić information content (AvgIpc) is 3.55. The lowest BCUT2D eigenvalue weighted by atomic mass is 10.0. The van der Waals surface area contributed by atoms with Crippen LogP contribution in [0, 0.1) is 0 Å². The quantitative estimate of drug-likeness (QED) is 0.0373. The number of ether oxygens (including phenoxy) is 2. The first-order chi connectivity index (χ1) is 42.6. The number of rotatable bonds is 76. The van der Waals surface area contributed by atoms with Crippen LogP contribution in [0.15, 0.2) is 24.3 Å². The van der Waals surface area contributed by atoms with Crippen LogP contribution in [0.1, 0.15) is 463 Å². The van der Waals surface area contributed by atoms with E-state index in [0.29, 0.717) is 12.8 Å². The van der Waals surface area contributed by atoms with E-state index in [1.54, 1.807) is 0 Å².